The van der Waals surface area contributed by atoms with Crippen molar-refractivity contribution in [1.29, 1.82) is 0 Å². The number of hydrogen-bond acceptors (Lipinski definition) is 4. The number of nitrogens with zero attached hydrogens (tertiary/aromatic N) is 3. The first-order valence-corrected chi connectivity index (χ1v) is 9.70. The highest BCUT2D eigenvalue weighted by molar-refractivity contribution is 5.79. The molecule has 142 valence electrons. The lowest BCUT2D eigenvalue weighted by atomic mass is 10.1. The molecular formula is C21H31N3O2. The van der Waals surface area contributed by atoms with Gasteiger partial charge in [0.15, 0.2) is 0 Å². The van der Waals surface area contributed by atoms with Gasteiger partial charge in [0.2, 0.25) is 5.91 Å². The Kier molecular flexibility index (Phi) is 7.23. The number of carbonyl (C=O) groups excluding carboxylic acids is 1. The molecule has 0 aliphatic carbocycles. The van der Waals surface area contributed by atoms with Crippen molar-refractivity contribution in [3.63, 3.8) is 0 Å². The minimum Gasteiger partial charge on any atom is -0.383 e. The highest BCUT2D eigenvalue weighted by Gasteiger charge is 2.32. The molecule has 0 spiro atoms. The van der Waals surface area contributed by atoms with Crippen LogP contribution in [0, 0.1) is 5.92 Å². The molecule has 2 aliphatic heterocycles. The quantitative estimate of drug-likeness (QED) is 0.746. The second-order valence-electron chi connectivity index (χ2n) is 7.22. The first-order valence-electron chi connectivity index (χ1n) is 9.70. The van der Waals surface area contributed by atoms with Gasteiger partial charge in [-0.2, -0.15) is 0 Å². The Morgan fingerprint density at radius 3 is 2.62 bits per heavy atom. The van der Waals surface area contributed by atoms with Crippen LogP contribution in [0.4, 0.5) is 0 Å². The molecule has 0 N–H and O–H groups in total. The molecule has 2 heterocycles. The summed E-state index contributed by atoms with van der Waals surface area (Å²) in [7, 11) is 1.73. The van der Waals surface area contributed by atoms with Crippen LogP contribution in [0.1, 0.15) is 12.0 Å². The molecule has 1 aromatic carbocycles. The normalized spacial score (nSPS) is 22.3. The summed E-state index contributed by atoms with van der Waals surface area (Å²) in [6, 6.07) is 10.4. The Balaban J connectivity index is 1.38. The van der Waals surface area contributed by atoms with Crippen LogP contribution < -0.4 is 0 Å². The van der Waals surface area contributed by atoms with Gasteiger partial charge in [0.1, 0.15) is 0 Å². The molecule has 0 saturated carbocycles. The minimum absolute atomic E-state index is 0.177. The van der Waals surface area contributed by atoms with Crippen LogP contribution in [0.2, 0.25) is 0 Å². The van der Waals surface area contributed by atoms with Crippen LogP contribution in [0.5, 0.6) is 0 Å². The number of ether oxygens (including phenoxy) is 1. The number of likely N-dealkylation sites (tertiary alicyclic amines) is 1. The Bertz CT molecular complexity index is 582. The van der Waals surface area contributed by atoms with E-state index in [2.05, 4.69) is 51.1 Å². The average Bonchev–Trinajstić information content (AvgIpc) is 3.16. The fraction of sp³-hybridized carbons (Fsp3) is 0.571. The molecule has 1 unspecified atom stereocenters. The van der Waals surface area contributed by atoms with E-state index in [0.717, 1.165) is 65.4 Å². The fourth-order valence-electron chi connectivity index (χ4n) is 3.77. The van der Waals surface area contributed by atoms with Crippen molar-refractivity contribution < 1.29 is 9.53 Å². The first-order chi connectivity index (χ1) is 12.8. The van der Waals surface area contributed by atoms with Gasteiger partial charge in [0.25, 0.3) is 0 Å². The first kappa shape index (κ1) is 19.1. The van der Waals surface area contributed by atoms with Crippen molar-refractivity contribution in [3.05, 3.63) is 42.0 Å². The van der Waals surface area contributed by atoms with Gasteiger partial charge in [0.05, 0.1) is 12.5 Å². The molecule has 1 amide bonds. The summed E-state index contributed by atoms with van der Waals surface area (Å²) >= 11 is 0. The smallest absolute Gasteiger partial charge is 0.227 e. The second-order valence-corrected chi connectivity index (χ2v) is 7.22. The molecule has 5 nitrogen and oxygen atoms in total. The van der Waals surface area contributed by atoms with Crippen LogP contribution >= 0.6 is 0 Å². The summed E-state index contributed by atoms with van der Waals surface area (Å²) in [5, 5.41) is 0. The zero-order chi connectivity index (χ0) is 18.2. The number of methoxy groups -OCH3 is 1. The summed E-state index contributed by atoms with van der Waals surface area (Å²) in [6.45, 7) is 8.17. The number of carbonyl (C=O) groups is 1. The van der Waals surface area contributed by atoms with E-state index in [9.17, 15) is 4.79 Å². The van der Waals surface area contributed by atoms with Crippen LogP contribution in [-0.4, -0.2) is 86.7 Å². The standard InChI is InChI=1S/C21H31N3O2/c1-26-17-16-23-11-9-20(18-23)21(25)24-14-12-22(13-15-24)10-5-8-19-6-3-2-4-7-19/h2-8,20H,9-18H2,1H3/b8-5+. The highest BCUT2D eigenvalue weighted by Crippen LogP contribution is 2.19. The summed E-state index contributed by atoms with van der Waals surface area (Å²) in [6.07, 6.45) is 5.38. The maximum absolute atomic E-state index is 12.8. The summed E-state index contributed by atoms with van der Waals surface area (Å²) in [5.41, 5.74) is 1.24. The molecule has 3 rings (SSSR count). The van der Waals surface area contributed by atoms with Crippen LogP contribution in [0.15, 0.2) is 36.4 Å². The van der Waals surface area contributed by atoms with E-state index in [1.807, 2.05) is 6.07 Å². The zero-order valence-corrected chi connectivity index (χ0v) is 15.8. The van der Waals surface area contributed by atoms with Crippen molar-refractivity contribution in [2.24, 2.45) is 5.92 Å². The summed E-state index contributed by atoms with van der Waals surface area (Å²) in [4.78, 5) is 19.6. The lowest BCUT2D eigenvalue weighted by Crippen LogP contribution is -2.50. The molecular weight excluding hydrogens is 326 g/mol. The van der Waals surface area contributed by atoms with Gasteiger partial charge in [-0.15, -0.1) is 0 Å². The highest BCUT2D eigenvalue weighted by atomic mass is 16.5. The molecule has 5 heteroatoms. The Morgan fingerprint density at radius 1 is 1.12 bits per heavy atom. The average molecular weight is 357 g/mol. The largest absolute Gasteiger partial charge is 0.383 e. The number of hydrogen-bond donors (Lipinski definition) is 0. The zero-order valence-electron chi connectivity index (χ0n) is 15.8. The summed E-state index contributed by atoms with van der Waals surface area (Å²) < 4.78 is 5.14. The van der Waals surface area contributed by atoms with Crippen molar-refractivity contribution in [2.45, 2.75) is 6.42 Å². The van der Waals surface area contributed by atoms with E-state index in [0.29, 0.717) is 5.91 Å². The molecule has 0 bridgehead atoms. The van der Waals surface area contributed by atoms with Gasteiger partial charge in [-0.25, -0.2) is 0 Å². The van der Waals surface area contributed by atoms with Crippen LogP contribution in [0.3, 0.4) is 0 Å². The Hall–Kier alpha value is -1.69. The third-order valence-electron chi connectivity index (χ3n) is 5.39. The van der Waals surface area contributed by atoms with E-state index < -0.39 is 0 Å². The lowest BCUT2D eigenvalue weighted by Gasteiger charge is -2.35. The van der Waals surface area contributed by atoms with Crippen molar-refractivity contribution in [3.8, 4) is 0 Å². The van der Waals surface area contributed by atoms with Gasteiger partial charge >= 0.3 is 0 Å². The molecule has 2 fully saturated rings. The molecule has 1 atom stereocenters. The minimum atomic E-state index is 0.177. The maximum Gasteiger partial charge on any atom is 0.227 e. The Morgan fingerprint density at radius 2 is 1.88 bits per heavy atom. The van der Waals surface area contributed by atoms with E-state index >= 15 is 0 Å². The maximum atomic E-state index is 12.8. The van der Waals surface area contributed by atoms with E-state index in [1.165, 1.54) is 5.56 Å². The third-order valence-corrected chi connectivity index (χ3v) is 5.39. The van der Waals surface area contributed by atoms with E-state index in [4.69, 9.17) is 4.74 Å². The molecule has 1 aromatic rings. The third kappa shape index (κ3) is 5.40. The molecule has 2 saturated heterocycles. The molecule has 26 heavy (non-hydrogen) atoms. The number of rotatable bonds is 7. The lowest BCUT2D eigenvalue weighted by molar-refractivity contribution is -0.136. The number of piperazine rings is 1. The Labute approximate surface area is 157 Å². The monoisotopic (exact) mass is 357 g/mol. The summed E-state index contributed by atoms with van der Waals surface area (Å²) in [5.74, 6) is 0.528. The predicted octanol–water partition coefficient (Wildman–Crippen LogP) is 1.81. The molecule has 2 aliphatic rings. The van der Waals surface area contributed by atoms with Gasteiger partial charge in [-0.1, -0.05) is 42.5 Å². The molecule has 0 radical (unpaired) electrons. The second kappa shape index (κ2) is 9.86. The van der Waals surface area contributed by atoms with Gasteiger partial charge in [-0.3, -0.25) is 9.69 Å². The van der Waals surface area contributed by atoms with Crippen molar-refractivity contribution in [2.75, 3.05) is 66.1 Å². The van der Waals surface area contributed by atoms with Crippen molar-refractivity contribution >= 4 is 12.0 Å². The SMILES string of the molecule is COCCN1CCC(C(=O)N2CCN(C/C=C/c3ccccc3)CC2)C1. The van der Waals surface area contributed by atoms with Crippen LogP contribution in [-0.2, 0) is 9.53 Å². The fourth-order valence-corrected chi connectivity index (χ4v) is 3.77. The number of benzene rings is 1. The molecule has 0 aromatic heterocycles. The van der Waals surface area contributed by atoms with Gasteiger partial charge in [0, 0.05) is 52.9 Å². The van der Waals surface area contributed by atoms with E-state index in [-0.39, 0.29) is 5.92 Å². The number of amides is 1. The van der Waals surface area contributed by atoms with Gasteiger partial charge in [-0.05, 0) is 18.5 Å². The van der Waals surface area contributed by atoms with Gasteiger partial charge < -0.3 is 14.5 Å². The van der Waals surface area contributed by atoms with Crippen LogP contribution in [0.25, 0.3) is 6.08 Å². The predicted molar refractivity (Wildman–Crippen MR) is 105 cm³/mol. The van der Waals surface area contributed by atoms with E-state index in [1.54, 1.807) is 7.11 Å². The van der Waals surface area contributed by atoms with Crippen molar-refractivity contribution in [1.82, 2.24) is 14.7 Å². The topological polar surface area (TPSA) is 36.0 Å².